The number of unbranched alkanes of at least 4 members (excludes halogenated alkanes) is 2. The van der Waals surface area contributed by atoms with Crippen molar-refractivity contribution in [3.63, 3.8) is 0 Å². The normalized spacial score (nSPS) is 12.6. The minimum absolute atomic E-state index is 0.0899. The van der Waals surface area contributed by atoms with Crippen LogP contribution < -0.4 is 0 Å². The fourth-order valence-electron chi connectivity index (χ4n) is 1.97. The van der Waals surface area contributed by atoms with Gasteiger partial charge >= 0.3 is 5.97 Å². The van der Waals surface area contributed by atoms with Crippen LogP contribution in [0.1, 0.15) is 65.2 Å². The standard InChI is InChI=1S/C22H34O2/c1-3-5-6-7-8-9-10-11-12-13-14-15-16-17-18-19-20-21-22(23)24-4-2/h5-6,8-9,11-14,17-18H,3-4,7,10,15-16,19-21H2,1-2H3. The Hall–Kier alpha value is -1.83. The van der Waals surface area contributed by atoms with Gasteiger partial charge in [-0.1, -0.05) is 67.7 Å². The molecule has 2 nitrogen and oxygen atoms in total. The molecule has 0 spiro atoms. The Morgan fingerprint density at radius 2 is 1.38 bits per heavy atom. The summed E-state index contributed by atoms with van der Waals surface area (Å²) >= 11 is 0. The Balaban J connectivity index is 3.48. The molecule has 0 aliphatic heterocycles. The number of hydrogen-bond donors (Lipinski definition) is 0. The molecular weight excluding hydrogens is 296 g/mol. The van der Waals surface area contributed by atoms with E-state index < -0.39 is 0 Å². The molecule has 0 aromatic carbocycles. The minimum atomic E-state index is -0.0899. The molecule has 0 saturated heterocycles. The van der Waals surface area contributed by atoms with Crippen LogP contribution in [0, 0.1) is 0 Å². The Kier molecular flexibility index (Phi) is 17.8. The first-order valence-electron chi connectivity index (χ1n) is 9.23. The van der Waals surface area contributed by atoms with E-state index in [-0.39, 0.29) is 5.97 Å². The molecule has 0 aliphatic carbocycles. The molecule has 0 unspecified atom stereocenters. The van der Waals surface area contributed by atoms with E-state index in [9.17, 15) is 4.79 Å². The van der Waals surface area contributed by atoms with Gasteiger partial charge in [-0.15, -0.1) is 0 Å². The van der Waals surface area contributed by atoms with E-state index in [1.54, 1.807) is 0 Å². The largest absolute Gasteiger partial charge is 0.466 e. The average molecular weight is 331 g/mol. The quantitative estimate of drug-likeness (QED) is 0.158. The van der Waals surface area contributed by atoms with E-state index in [0.717, 1.165) is 44.9 Å². The molecule has 24 heavy (non-hydrogen) atoms. The van der Waals surface area contributed by atoms with Crippen LogP contribution >= 0.6 is 0 Å². The van der Waals surface area contributed by atoms with Crippen molar-refractivity contribution < 1.29 is 9.53 Å². The van der Waals surface area contributed by atoms with Gasteiger partial charge in [0.25, 0.3) is 0 Å². The van der Waals surface area contributed by atoms with Gasteiger partial charge in [0.05, 0.1) is 6.61 Å². The van der Waals surface area contributed by atoms with Crippen LogP contribution in [0.5, 0.6) is 0 Å². The van der Waals surface area contributed by atoms with Crippen LogP contribution in [0.25, 0.3) is 0 Å². The van der Waals surface area contributed by atoms with E-state index in [4.69, 9.17) is 4.74 Å². The summed E-state index contributed by atoms with van der Waals surface area (Å²) in [4.78, 5) is 11.1. The fourth-order valence-corrected chi connectivity index (χ4v) is 1.97. The Morgan fingerprint density at radius 1 is 0.750 bits per heavy atom. The summed E-state index contributed by atoms with van der Waals surface area (Å²) in [5.41, 5.74) is 0. The molecule has 0 amide bonds. The van der Waals surface area contributed by atoms with E-state index in [1.807, 2.05) is 6.92 Å². The number of hydrogen-bond acceptors (Lipinski definition) is 2. The summed E-state index contributed by atoms with van der Waals surface area (Å²) in [5.74, 6) is -0.0899. The first-order chi connectivity index (χ1) is 11.8. The highest BCUT2D eigenvalue weighted by Gasteiger charge is 1.98. The van der Waals surface area contributed by atoms with Crippen LogP contribution in [0.4, 0.5) is 0 Å². The predicted molar refractivity (Wildman–Crippen MR) is 105 cm³/mol. The van der Waals surface area contributed by atoms with Gasteiger partial charge in [-0.25, -0.2) is 0 Å². The summed E-state index contributed by atoms with van der Waals surface area (Å²) in [7, 11) is 0. The van der Waals surface area contributed by atoms with Crippen molar-refractivity contribution in [1.82, 2.24) is 0 Å². The maximum absolute atomic E-state index is 11.1. The predicted octanol–water partition coefficient (Wildman–Crippen LogP) is 6.47. The second-order valence-corrected chi connectivity index (χ2v) is 5.42. The van der Waals surface area contributed by atoms with Crippen molar-refractivity contribution in [3.8, 4) is 0 Å². The lowest BCUT2D eigenvalue weighted by atomic mass is 10.2. The second-order valence-electron chi connectivity index (χ2n) is 5.42. The zero-order chi connectivity index (χ0) is 17.7. The highest BCUT2D eigenvalue weighted by Crippen LogP contribution is 2.01. The molecule has 0 rings (SSSR count). The molecule has 0 aromatic rings. The van der Waals surface area contributed by atoms with Crippen molar-refractivity contribution in [2.75, 3.05) is 6.61 Å². The lowest BCUT2D eigenvalue weighted by Gasteiger charge is -1.98. The van der Waals surface area contributed by atoms with Crippen LogP contribution in [0.3, 0.4) is 0 Å². The van der Waals surface area contributed by atoms with Crippen LogP contribution in [-0.2, 0) is 9.53 Å². The van der Waals surface area contributed by atoms with Crippen molar-refractivity contribution in [2.24, 2.45) is 0 Å². The van der Waals surface area contributed by atoms with Gasteiger partial charge in [0.1, 0.15) is 0 Å². The summed E-state index contributed by atoms with van der Waals surface area (Å²) in [6.07, 6.45) is 29.3. The highest BCUT2D eigenvalue weighted by atomic mass is 16.5. The van der Waals surface area contributed by atoms with Gasteiger partial charge < -0.3 is 4.74 Å². The zero-order valence-corrected chi connectivity index (χ0v) is 15.5. The van der Waals surface area contributed by atoms with E-state index in [0.29, 0.717) is 13.0 Å². The number of carbonyl (C=O) groups is 1. The molecule has 0 fully saturated rings. The molecule has 134 valence electrons. The molecule has 0 saturated carbocycles. The number of allylic oxidation sites excluding steroid dienone is 10. The van der Waals surface area contributed by atoms with Crippen molar-refractivity contribution in [1.29, 1.82) is 0 Å². The molecule has 0 radical (unpaired) electrons. The summed E-state index contributed by atoms with van der Waals surface area (Å²) < 4.78 is 4.89. The lowest BCUT2D eigenvalue weighted by molar-refractivity contribution is -0.143. The molecule has 0 N–H and O–H groups in total. The summed E-state index contributed by atoms with van der Waals surface area (Å²) in [5, 5.41) is 0. The van der Waals surface area contributed by atoms with Gasteiger partial charge in [-0.3, -0.25) is 4.79 Å². The first-order valence-corrected chi connectivity index (χ1v) is 9.23. The van der Waals surface area contributed by atoms with Crippen LogP contribution in [0.2, 0.25) is 0 Å². The third kappa shape index (κ3) is 18.2. The maximum atomic E-state index is 11.1. The monoisotopic (exact) mass is 330 g/mol. The van der Waals surface area contributed by atoms with Crippen molar-refractivity contribution >= 4 is 5.97 Å². The van der Waals surface area contributed by atoms with E-state index in [2.05, 4.69) is 67.7 Å². The third-order valence-corrected chi connectivity index (χ3v) is 3.22. The summed E-state index contributed by atoms with van der Waals surface area (Å²) in [6, 6.07) is 0. The zero-order valence-electron chi connectivity index (χ0n) is 15.5. The fraction of sp³-hybridized carbons (Fsp3) is 0.500. The Bertz CT molecular complexity index is 425. The molecule has 0 atom stereocenters. The molecule has 2 heteroatoms. The van der Waals surface area contributed by atoms with E-state index >= 15 is 0 Å². The highest BCUT2D eigenvalue weighted by molar-refractivity contribution is 5.69. The van der Waals surface area contributed by atoms with Crippen molar-refractivity contribution in [3.05, 3.63) is 60.8 Å². The SMILES string of the molecule is CCC=CCC=CCC=CC=CCCC=CCCCC(=O)OCC. The second kappa shape index (κ2) is 19.2. The van der Waals surface area contributed by atoms with Crippen LogP contribution in [0.15, 0.2) is 60.8 Å². The van der Waals surface area contributed by atoms with Gasteiger partial charge in [-0.05, 0) is 51.9 Å². The topological polar surface area (TPSA) is 26.3 Å². The molecule has 0 heterocycles. The minimum Gasteiger partial charge on any atom is -0.466 e. The van der Waals surface area contributed by atoms with Gasteiger partial charge in [0, 0.05) is 6.42 Å². The van der Waals surface area contributed by atoms with Gasteiger partial charge in [0.2, 0.25) is 0 Å². The number of rotatable bonds is 14. The van der Waals surface area contributed by atoms with Crippen molar-refractivity contribution in [2.45, 2.75) is 65.2 Å². The van der Waals surface area contributed by atoms with E-state index in [1.165, 1.54) is 0 Å². The summed E-state index contributed by atoms with van der Waals surface area (Å²) in [6.45, 7) is 4.46. The lowest BCUT2D eigenvalue weighted by Crippen LogP contribution is -2.02. The van der Waals surface area contributed by atoms with Gasteiger partial charge in [0.15, 0.2) is 0 Å². The maximum Gasteiger partial charge on any atom is 0.305 e. The number of carbonyl (C=O) groups excluding carboxylic acids is 1. The average Bonchev–Trinajstić information content (AvgIpc) is 2.58. The molecule has 0 aromatic heterocycles. The van der Waals surface area contributed by atoms with Gasteiger partial charge in [-0.2, -0.15) is 0 Å². The number of ether oxygens (including phenoxy) is 1. The molecular formula is C22H34O2. The number of esters is 1. The Morgan fingerprint density at radius 3 is 2.12 bits per heavy atom. The van der Waals surface area contributed by atoms with Crippen LogP contribution in [-0.4, -0.2) is 12.6 Å². The third-order valence-electron chi connectivity index (χ3n) is 3.22. The molecule has 0 bridgehead atoms. The first kappa shape index (κ1) is 22.2. The molecule has 0 aliphatic rings. The Labute approximate surface area is 148 Å². The smallest absolute Gasteiger partial charge is 0.305 e.